The van der Waals surface area contributed by atoms with Crippen LogP contribution in [0.1, 0.15) is 32.8 Å². The van der Waals surface area contributed by atoms with Gasteiger partial charge in [-0.25, -0.2) is 9.78 Å². The number of ether oxygens (including phenoxy) is 1. The van der Waals surface area contributed by atoms with E-state index in [0.29, 0.717) is 18.9 Å². The molecule has 1 amide bonds. The lowest BCUT2D eigenvalue weighted by Gasteiger charge is -2.29. The van der Waals surface area contributed by atoms with Gasteiger partial charge in [-0.1, -0.05) is 18.2 Å². The molecule has 0 fully saturated rings. The second-order valence-corrected chi connectivity index (χ2v) is 7.04. The molecule has 0 unspecified atom stereocenters. The summed E-state index contributed by atoms with van der Waals surface area (Å²) >= 11 is 0. The van der Waals surface area contributed by atoms with Crippen molar-refractivity contribution in [3.8, 4) is 0 Å². The smallest absolute Gasteiger partial charge is 0.410 e. The summed E-state index contributed by atoms with van der Waals surface area (Å²) in [5.74, 6) is 0.543. The number of nitrogens with zero attached hydrogens (tertiary/aromatic N) is 2. The summed E-state index contributed by atoms with van der Waals surface area (Å²) in [7, 11) is 0. The van der Waals surface area contributed by atoms with Crippen molar-refractivity contribution in [1.82, 2.24) is 9.88 Å². The third-order valence-corrected chi connectivity index (χ3v) is 4.03. The van der Waals surface area contributed by atoms with Crippen LogP contribution in [0, 0.1) is 0 Å². The van der Waals surface area contributed by atoms with Crippen LogP contribution in [0.5, 0.6) is 0 Å². The van der Waals surface area contributed by atoms with Crippen molar-refractivity contribution < 1.29 is 9.53 Å². The average Bonchev–Trinajstić information content (AvgIpc) is 2.53. The van der Waals surface area contributed by atoms with E-state index in [0.717, 1.165) is 22.8 Å². The largest absolute Gasteiger partial charge is 0.444 e. The minimum atomic E-state index is -0.468. The van der Waals surface area contributed by atoms with E-state index in [1.165, 1.54) is 5.57 Å². The first-order valence-electron chi connectivity index (χ1n) is 8.15. The van der Waals surface area contributed by atoms with Gasteiger partial charge in [0.25, 0.3) is 0 Å². The zero-order valence-corrected chi connectivity index (χ0v) is 14.4. The van der Waals surface area contributed by atoms with E-state index in [4.69, 9.17) is 10.5 Å². The molecular formula is C19H23N3O2. The second kappa shape index (κ2) is 6.15. The number of anilines is 1. The minimum absolute atomic E-state index is 0.259. The number of amides is 1. The highest BCUT2D eigenvalue weighted by atomic mass is 16.6. The fourth-order valence-corrected chi connectivity index (χ4v) is 2.81. The number of rotatable bonds is 1. The van der Waals surface area contributed by atoms with E-state index < -0.39 is 5.60 Å². The Bertz CT molecular complexity index is 806. The van der Waals surface area contributed by atoms with Crippen molar-refractivity contribution in [2.24, 2.45) is 0 Å². The van der Waals surface area contributed by atoms with E-state index in [-0.39, 0.29) is 6.09 Å². The number of fused-ring (bicyclic) bond motifs is 1. The summed E-state index contributed by atoms with van der Waals surface area (Å²) in [5, 5.41) is 2.04. The number of hydrogen-bond acceptors (Lipinski definition) is 4. The van der Waals surface area contributed by atoms with E-state index in [1.54, 1.807) is 11.1 Å². The Labute approximate surface area is 142 Å². The molecule has 1 aliphatic rings. The van der Waals surface area contributed by atoms with Crippen LogP contribution in [-0.4, -0.2) is 34.7 Å². The Morgan fingerprint density at radius 2 is 2.08 bits per heavy atom. The van der Waals surface area contributed by atoms with E-state index in [1.807, 2.05) is 26.8 Å². The fraction of sp³-hybridized carbons (Fsp3) is 0.368. The van der Waals surface area contributed by atoms with E-state index >= 15 is 0 Å². The monoisotopic (exact) mass is 325 g/mol. The number of aromatic nitrogens is 1. The number of pyridine rings is 1. The zero-order chi connectivity index (χ0) is 17.3. The molecule has 0 saturated heterocycles. The zero-order valence-electron chi connectivity index (χ0n) is 14.4. The highest BCUT2D eigenvalue weighted by molar-refractivity contribution is 5.93. The highest BCUT2D eigenvalue weighted by Gasteiger charge is 2.23. The van der Waals surface area contributed by atoms with Gasteiger partial charge in [-0.3, -0.25) is 0 Å². The molecule has 2 heterocycles. The molecule has 2 N–H and O–H groups in total. The lowest BCUT2D eigenvalue weighted by Crippen LogP contribution is -2.39. The van der Waals surface area contributed by atoms with E-state index in [9.17, 15) is 4.79 Å². The second-order valence-electron chi connectivity index (χ2n) is 7.04. The number of hydrogen-bond donors (Lipinski definition) is 1. The summed E-state index contributed by atoms with van der Waals surface area (Å²) in [6, 6.07) is 8.18. The molecule has 0 atom stereocenters. The first kappa shape index (κ1) is 16.3. The van der Waals surface area contributed by atoms with Crippen molar-refractivity contribution in [1.29, 1.82) is 0 Å². The summed E-state index contributed by atoms with van der Waals surface area (Å²) in [5.41, 5.74) is 7.86. The first-order valence-corrected chi connectivity index (χ1v) is 8.15. The Balaban J connectivity index is 1.78. The van der Waals surface area contributed by atoms with Crippen molar-refractivity contribution in [2.75, 3.05) is 18.8 Å². The molecule has 1 aliphatic heterocycles. The van der Waals surface area contributed by atoms with Gasteiger partial charge in [-0.2, -0.15) is 0 Å². The number of nitrogens with two attached hydrogens (primary N) is 1. The fourth-order valence-electron chi connectivity index (χ4n) is 2.81. The van der Waals surface area contributed by atoms with Gasteiger partial charge in [0.2, 0.25) is 0 Å². The predicted octanol–water partition coefficient (Wildman–Crippen LogP) is 3.84. The number of nitrogen functional groups attached to an aromatic ring is 1. The molecule has 5 heteroatoms. The van der Waals surface area contributed by atoms with Crippen LogP contribution in [0.4, 0.5) is 10.6 Å². The van der Waals surface area contributed by atoms with Crippen LogP contribution in [0.2, 0.25) is 0 Å². The molecule has 1 aromatic carbocycles. The molecule has 126 valence electrons. The van der Waals surface area contributed by atoms with Crippen LogP contribution in [-0.2, 0) is 4.74 Å². The molecule has 0 aliphatic carbocycles. The first-order chi connectivity index (χ1) is 11.3. The lowest BCUT2D eigenvalue weighted by molar-refractivity contribution is 0.0270. The molecule has 0 saturated carbocycles. The SMILES string of the molecule is CC(C)(C)OC(=O)N1CC=C(c2ccc3ccnc(N)c3c2)CC1. The highest BCUT2D eigenvalue weighted by Crippen LogP contribution is 2.28. The standard InChI is InChI=1S/C19H23N3O2/c1-19(2,3)24-18(23)22-10-7-13(8-11-22)15-5-4-14-6-9-21-17(20)16(14)12-15/h4-7,9,12H,8,10-11H2,1-3H3,(H2,20,21). The molecule has 1 aromatic heterocycles. The average molecular weight is 325 g/mol. The molecule has 5 nitrogen and oxygen atoms in total. The van der Waals surface area contributed by atoms with Crippen molar-refractivity contribution in [3.05, 3.63) is 42.1 Å². The quantitative estimate of drug-likeness (QED) is 0.865. The van der Waals surface area contributed by atoms with Crippen molar-refractivity contribution in [2.45, 2.75) is 32.8 Å². The molecule has 24 heavy (non-hydrogen) atoms. The van der Waals surface area contributed by atoms with Crippen LogP contribution in [0.3, 0.4) is 0 Å². The van der Waals surface area contributed by atoms with Gasteiger partial charge in [0.1, 0.15) is 11.4 Å². The van der Waals surface area contributed by atoms with Gasteiger partial charge in [-0.05, 0) is 55.8 Å². The number of carbonyl (C=O) groups is 1. The van der Waals surface area contributed by atoms with Crippen molar-refractivity contribution in [3.63, 3.8) is 0 Å². The van der Waals surface area contributed by atoms with Crippen LogP contribution < -0.4 is 5.73 Å². The van der Waals surface area contributed by atoms with Gasteiger partial charge >= 0.3 is 6.09 Å². The minimum Gasteiger partial charge on any atom is -0.444 e. The number of benzene rings is 1. The van der Waals surface area contributed by atoms with Gasteiger partial charge < -0.3 is 15.4 Å². The lowest BCUT2D eigenvalue weighted by atomic mass is 9.97. The Hall–Kier alpha value is -2.56. The summed E-state index contributed by atoms with van der Waals surface area (Å²) in [6.45, 7) is 6.85. The summed E-state index contributed by atoms with van der Waals surface area (Å²) in [4.78, 5) is 18.0. The molecule has 0 spiro atoms. The maximum atomic E-state index is 12.1. The van der Waals surface area contributed by atoms with Crippen LogP contribution in [0.15, 0.2) is 36.5 Å². The number of carbonyl (C=O) groups excluding carboxylic acids is 1. The third-order valence-electron chi connectivity index (χ3n) is 4.03. The van der Waals surface area contributed by atoms with E-state index in [2.05, 4.69) is 29.3 Å². The Kier molecular flexibility index (Phi) is 4.18. The topological polar surface area (TPSA) is 68.5 Å². The van der Waals surface area contributed by atoms with Gasteiger partial charge in [0, 0.05) is 24.7 Å². The van der Waals surface area contributed by atoms with Crippen LogP contribution >= 0.6 is 0 Å². The Morgan fingerprint density at radius 1 is 1.29 bits per heavy atom. The van der Waals surface area contributed by atoms with Gasteiger partial charge in [0.05, 0.1) is 0 Å². The van der Waals surface area contributed by atoms with Gasteiger partial charge in [0.15, 0.2) is 0 Å². The Morgan fingerprint density at radius 3 is 2.75 bits per heavy atom. The molecule has 2 aromatic rings. The van der Waals surface area contributed by atoms with Gasteiger partial charge in [-0.15, -0.1) is 0 Å². The maximum absolute atomic E-state index is 12.1. The molecule has 0 bridgehead atoms. The summed E-state index contributed by atoms with van der Waals surface area (Å²) in [6.07, 6.45) is 4.34. The summed E-state index contributed by atoms with van der Waals surface area (Å²) < 4.78 is 5.42. The molecule has 0 radical (unpaired) electrons. The maximum Gasteiger partial charge on any atom is 0.410 e. The van der Waals surface area contributed by atoms with Crippen molar-refractivity contribution >= 4 is 28.3 Å². The molecular weight excluding hydrogens is 302 g/mol. The molecule has 3 rings (SSSR count). The predicted molar refractivity (Wildman–Crippen MR) is 96.6 cm³/mol. The van der Waals surface area contributed by atoms with Crippen LogP contribution in [0.25, 0.3) is 16.3 Å². The normalized spacial score (nSPS) is 15.3. The third kappa shape index (κ3) is 3.50.